The average molecular weight is 377 g/mol. The molecule has 0 fully saturated rings. The van der Waals surface area contributed by atoms with Gasteiger partial charge in [-0.1, -0.05) is 54.7 Å². The highest BCUT2D eigenvalue weighted by molar-refractivity contribution is 7.80. The Bertz CT molecular complexity index is 976. The average Bonchev–Trinajstić information content (AvgIpc) is 2.68. The molecule has 1 aliphatic rings. The van der Waals surface area contributed by atoms with Gasteiger partial charge in [0.1, 0.15) is 10.7 Å². The molecular weight excluding hydrogens is 358 g/mol. The van der Waals surface area contributed by atoms with Crippen LogP contribution in [0, 0.1) is 5.41 Å². The fourth-order valence-corrected chi connectivity index (χ4v) is 3.47. The van der Waals surface area contributed by atoms with Crippen LogP contribution < -0.4 is 15.4 Å². The number of carbonyl (C=O) groups is 1. The van der Waals surface area contributed by atoms with Crippen LogP contribution in [0.2, 0.25) is 0 Å². The predicted octanol–water partition coefficient (Wildman–Crippen LogP) is 3.80. The van der Waals surface area contributed by atoms with Crippen LogP contribution in [0.25, 0.3) is 0 Å². The van der Waals surface area contributed by atoms with Crippen molar-refractivity contribution in [2.45, 2.75) is 12.8 Å². The van der Waals surface area contributed by atoms with E-state index in [4.69, 9.17) is 22.4 Å². The van der Waals surface area contributed by atoms with E-state index in [0.29, 0.717) is 33.3 Å². The lowest BCUT2D eigenvalue weighted by Crippen LogP contribution is -2.36. The number of hydrogen-bond donors (Lipinski definition) is 3. The van der Waals surface area contributed by atoms with Crippen LogP contribution in [0.4, 0.5) is 5.69 Å². The van der Waals surface area contributed by atoms with Crippen LogP contribution in [-0.2, 0) is 4.79 Å². The second-order valence-electron chi connectivity index (χ2n) is 6.03. The molecule has 3 rings (SSSR count). The molecule has 6 heteroatoms. The minimum absolute atomic E-state index is 0.284. The van der Waals surface area contributed by atoms with E-state index in [1.54, 1.807) is 26.2 Å². The number of thiocarbonyl (C=S) groups is 1. The zero-order chi connectivity index (χ0) is 19.4. The Kier molecular flexibility index (Phi) is 5.50. The normalized spacial score (nSPS) is 16.4. The van der Waals surface area contributed by atoms with Gasteiger partial charge in [-0.3, -0.25) is 10.2 Å². The van der Waals surface area contributed by atoms with Crippen LogP contribution in [-0.4, -0.2) is 23.9 Å². The van der Waals surface area contributed by atoms with E-state index in [1.807, 2.05) is 42.5 Å². The molecule has 1 atom stereocenters. The van der Waals surface area contributed by atoms with Gasteiger partial charge in [-0.2, -0.15) is 0 Å². The SMILES string of the molecule is COc1ccccc1NC(=O)C1=C(C)NC(=S)C(=C=N)C1c1ccccc1. The number of carbonyl (C=O) groups excluding carboxylic acids is 1. The number of hydrogen-bond acceptors (Lipinski definition) is 4. The van der Waals surface area contributed by atoms with E-state index in [2.05, 4.69) is 16.5 Å². The van der Waals surface area contributed by atoms with E-state index in [1.165, 1.54) is 0 Å². The quantitative estimate of drug-likeness (QED) is 0.430. The van der Waals surface area contributed by atoms with Gasteiger partial charge >= 0.3 is 0 Å². The third-order valence-electron chi connectivity index (χ3n) is 4.39. The molecule has 2 aromatic rings. The first kappa shape index (κ1) is 18.6. The molecule has 0 saturated heterocycles. The van der Waals surface area contributed by atoms with Gasteiger partial charge in [0.2, 0.25) is 0 Å². The molecule has 0 bridgehead atoms. The fraction of sp³-hybridized carbons (Fsp3) is 0.143. The van der Waals surface area contributed by atoms with E-state index >= 15 is 0 Å². The molecule has 1 aliphatic heterocycles. The molecule has 0 spiro atoms. The largest absolute Gasteiger partial charge is 0.495 e. The van der Waals surface area contributed by atoms with Crippen LogP contribution in [0.5, 0.6) is 5.75 Å². The van der Waals surface area contributed by atoms with Crippen molar-refractivity contribution in [3.63, 3.8) is 0 Å². The van der Waals surface area contributed by atoms with Crippen LogP contribution >= 0.6 is 12.2 Å². The third-order valence-corrected chi connectivity index (χ3v) is 4.72. The Morgan fingerprint density at radius 1 is 1.19 bits per heavy atom. The number of benzene rings is 2. The van der Waals surface area contributed by atoms with Gasteiger partial charge in [-0.25, -0.2) is 0 Å². The van der Waals surface area contributed by atoms with E-state index in [0.717, 1.165) is 5.56 Å². The van der Waals surface area contributed by atoms with Crippen molar-refractivity contribution in [1.29, 1.82) is 5.41 Å². The minimum atomic E-state index is -0.466. The van der Waals surface area contributed by atoms with Gasteiger partial charge in [-0.15, -0.1) is 0 Å². The van der Waals surface area contributed by atoms with Crippen LogP contribution in [0.3, 0.4) is 0 Å². The maximum atomic E-state index is 13.2. The monoisotopic (exact) mass is 377 g/mol. The fourth-order valence-electron chi connectivity index (χ4n) is 3.14. The summed E-state index contributed by atoms with van der Waals surface area (Å²) < 4.78 is 5.32. The maximum Gasteiger partial charge on any atom is 0.254 e. The number of anilines is 1. The summed E-state index contributed by atoms with van der Waals surface area (Å²) in [6.45, 7) is 1.81. The zero-order valence-electron chi connectivity index (χ0n) is 15.0. The van der Waals surface area contributed by atoms with Gasteiger partial charge in [-0.05, 0) is 30.5 Å². The van der Waals surface area contributed by atoms with Crippen molar-refractivity contribution < 1.29 is 9.53 Å². The molecule has 0 radical (unpaired) electrons. The minimum Gasteiger partial charge on any atom is -0.495 e. The lowest BCUT2D eigenvalue weighted by molar-refractivity contribution is -0.113. The molecule has 0 saturated carbocycles. The highest BCUT2D eigenvalue weighted by Gasteiger charge is 2.34. The molecular formula is C21H19N3O2S. The molecule has 1 unspecified atom stereocenters. The van der Waals surface area contributed by atoms with Gasteiger partial charge in [0.25, 0.3) is 5.91 Å². The van der Waals surface area contributed by atoms with Gasteiger partial charge in [0.15, 0.2) is 0 Å². The summed E-state index contributed by atoms with van der Waals surface area (Å²) >= 11 is 5.37. The van der Waals surface area contributed by atoms with Gasteiger partial charge < -0.3 is 15.4 Å². The Labute approximate surface area is 163 Å². The smallest absolute Gasteiger partial charge is 0.254 e. The van der Waals surface area contributed by atoms with Crippen LogP contribution in [0.15, 0.2) is 71.4 Å². The Morgan fingerprint density at radius 2 is 1.85 bits per heavy atom. The molecule has 0 aromatic heterocycles. The van der Waals surface area contributed by atoms with Gasteiger partial charge in [0.05, 0.1) is 24.3 Å². The summed E-state index contributed by atoms with van der Waals surface area (Å²) in [5.74, 6) is 2.24. The Hall–Kier alpha value is -3.21. The molecule has 1 heterocycles. The van der Waals surface area contributed by atoms with E-state index in [-0.39, 0.29) is 5.91 Å². The van der Waals surface area contributed by atoms with Crippen molar-refractivity contribution in [3.05, 3.63) is 77.0 Å². The first-order valence-corrected chi connectivity index (χ1v) is 8.78. The first-order chi connectivity index (χ1) is 13.1. The number of para-hydroxylation sites is 2. The van der Waals surface area contributed by atoms with Crippen molar-refractivity contribution in [2.75, 3.05) is 12.4 Å². The maximum absolute atomic E-state index is 13.2. The summed E-state index contributed by atoms with van der Waals surface area (Å²) in [5.41, 5.74) is 3.06. The number of nitrogens with one attached hydrogen (secondary N) is 3. The zero-order valence-corrected chi connectivity index (χ0v) is 15.8. The number of ether oxygens (including phenoxy) is 1. The summed E-state index contributed by atoms with van der Waals surface area (Å²) in [6.07, 6.45) is 0. The highest BCUT2D eigenvalue weighted by Crippen LogP contribution is 2.37. The molecule has 1 amide bonds. The highest BCUT2D eigenvalue weighted by atomic mass is 32.1. The summed E-state index contributed by atoms with van der Waals surface area (Å²) in [4.78, 5) is 13.6. The lowest BCUT2D eigenvalue weighted by Gasteiger charge is -2.30. The molecule has 3 N–H and O–H groups in total. The van der Waals surface area contributed by atoms with Crippen molar-refractivity contribution in [2.24, 2.45) is 0 Å². The second-order valence-corrected chi connectivity index (χ2v) is 6.44. The molecule has 2 aromatic carbocycles. The second kappa shape index (κ2) is 7.99. The number of allylic oxidation sites excluding steroid dienone is 1. The topological polar surface area (TPSA) is 74.2 Å². The third kappa shape index (κ3) is 3.67. The summed E-state index contributed by atoms with van der Waals surface area (Å²) in [7, 11) is 1.55. The Morgan fingerprint density at radius 3 is 2.52 bits per heavy atom. The van der Waals surface area contributed by atoms with Crippen molar-refractivity contribution in [1.82, 2.24) is 5.32 Å². The van der Waals surface area contributed by atoms with Crippen molar-refractivity contribution >= 4 is 34.7 Å². The standard InChI is InChI=1S/C21H19N3O2S/c1-13-18(20(25)24-16-10-6-7-11-17(16)26-2)19(14-8-4-3-5-9-14)15(12-22)21(27)23-13/h3-11,19,22H,1-2H3,(H,23,27)(H,24,25). The molecule has 27 heavy (non-hydrogen) atoms. The predicted molar refractivity (Wildman–Crippen MR) is 110 cm³/mol. The van der Waals surface area contributed by atoms with E-state index in [9.17, 15) is 4.79 Å². The molecule has 136 valence electrons. The van der Waals surface area contributed by atoms with Crippen LogP contribution in [0.1, 0.15) is 18.4 Å². The van der Waals surface area contributed by atoms with Gasteiger partial charge in [0, 0.05) is 11.3 Å². The van der Waals surface area contributed by atoms with E-state index < -0.39 is 5.92 Å². The summed E-state index contributed by atoms with van der Waals surface area (Å²) in [5, 5.41) is 13.6. The lowest BCUT2D eigenvalue weighted by atomic mass is 9.81. The molecule has 0 aliphatic carbocycles. The first-order valence-electron chi connectivity index (χ1n) is 8.37. The van der Waals surface area contributed by atoms with Crippen molar-refractivity contribution in [3.8, 4) is 5.75 Å². The summed E-state index contributed by atoms with van der Waals surface area (Å²) in [6, 6.07) is 16.7. The number of rotatable bonds is 4. The number of amides is 1. The number of methoxy groups -OCH3 is 1. The molecule has 5 nitrogen and oxygen atoms in total. The Balaban J connectivity index is 2.07.